The zero-order chi connectivity index (χ0) is 19.0. The van der Waals surface area contributed by atoms with Crippen molar-refractivity contribution in [3.8, 4) is 0 Å². The molecule has 0 aromatic heterocycles. The van der Waals surface area contributed by atoms with E-state index in [0.717, 1.165) is 38.5 Å². The van der Waals surface area contributed by atoms with Crippen molar-refractivity contribution < 1.29 is 47.9 Å². The number of carboxylic acid groups (broad SMARTS) is 1. The Kier molecular flexibility index (Phi) is 10.6. The number of hydrogen-bond donors (Lipinski definition) is 1. The minimum Gasteiger partial charge on any atom is -0.550 e. The number of sulfonamides is 1. The minimum absolute atomic E-state index is 0. The Morgan fingerprint density at radius 3 is 2.33 bits per heavy atom. The van der Waals surface area contributed by atoms with Gasteiger partial charge < -0.3 is 9.90 Å². The summed E-state index contributed by atoms with van der Waals surface area (Å²) >= 11 is 5.84. The summed E-state index contributed by atoms with van der Waals surface area (Å²) in [6.45, 7) is 0. The van der Waals surface area contributed by atoms with Gasteiger partial charge in [0.25, 0.3) is 0 Å². The van der Waals surface area contributed by atoms with Crippen LogP contribution in [0, 0.1) is 0 Å². The number of halogens is 1. The largest absolute Gasteiger partial charge is 1.00 e. The normalized spacial score (nSPS) is 16.3. The molecular weight excluding hydrogens is 397 g/mol. The van der Waals surface area contributed by atoms with Gasteiger partial charge in [-0.15, -0.1) is 0 Å². The maximum absolute atomic E-state index is 12.7. The van der Waals surface area contributed by atoms with E-state index in [1.54, 1.807) is 12.1 Å². The first kappa shape index (κ1) is 24.7. The molecule has 0 atom stereocenters. The number of nitrogens with one attached hydrogen (secondary N) is 1. The van der Waals surface area contributed by atoms with Gasteiger partial charge in [-0.1, -0.05) is 36.6 Å². The third-order valence-corrected chi connectivity index (χ3v) is 6.59. The molecule has 0 saturated heterocycles. The molecule has 0 bridgehead atoms. The van der Waals surface area contributed by atoms with Crippen molar-refractivity contribution in [3.63, 3.8) is 0 Å². The molecule has 1 aromatic carbocycles. The molecule has 1 saturated carbocycles. The average molecular weight is 422 g/mol. The van der Waals surface area contributed by atoms with Crippen LogP contribution in [0.3, 0.4) is 0 Å². The Hall–Kier alpha value is -0.370. The number of carbonyl (C=O) groups excluding carboxylic acids is 1. The second-order valence-electron chi connectivity index (χ2n) is 6.82. The first-order valence-corrected chi connectivity index (χ1v) is 10.8. The zero-order valence-corrected chi connectivity index (χ0v) is 19.3. The summed E-state index contributed by atoms with van der Waals surface area (Å²) in [7, 11) is -3.58. The number of aliphatic carboxylic acids is 1. The van der Waals surface area contributed by atoms with Crippen LogP contribution < -0.4 is 39.4 Å². The third-order valence-electron chi connectivity index (χ3n) is 4.74. The second-order valence-corrected chi connectivity index (χ2v) is 8.94. The van der Waals surface area contributed by atoms with Gasteiger partial charge in [0.2, 0.25) is 10.0 Å². The van der Waals surface area contributed by atoms with Crippen molar-refractivity contribution in [2.45, 2.75) is 68.2 Å². The third kappa shape index (κ3) is 8.26. The number of hydrogen-bond acceptors (Lipinski definition) is 4. The fraction of sp³-hybridized carbons (Fsp3) is 0.526. The van der Waals surface area contributed by atoms with Gasteiger partial charge in [0.15, 0.2) is 0 Å². The number of benzene rings is 1. The summed E-state index contributed by atoms with van der Waals surface area (Å²) in [5.41, 5.74) is -0.409. The predicted molar refractivity (Wildman–Crippen MR) is 100 cm³/mol. The van der Waals surface area contributed by atoms with Gasteiger partial charge in [-0.3, -0.25) is 0 Å². The molecule has 0 amide bonds. The van der Waals surface area contributed by atoms with Crippen molar-refractivity contribution in [1.82, 2.24) is 4.72 Å². The quantitative estimate of drug-likeness (QED) is 0.332. The Morgan fingerprint density at radius 1 is 1.15 bits per heavy atom. The molecule has 0 radical (unpaired) electrons. The van der Waals surface area contributed by atoms with Gasteiger partial charge >= 0.3 is 29.6 Å². The van der Waals surface area contributed by atoms with E-state index < -0.39 is 21.5 Å². The average Bonchev–Trinajstić information content (AvgIpc) is 3.02. The van der Waals surface area contributed by atoms with Crippen molar-refractivity contribution >= 4 is 27.6 Å². The van der Waals surface area contributed by atoms with E-state index in [4.69, 9.17) is 11.6 Å². The van der Waals surface area contributed by atoms with Crippen LogP contribution in [0.4, 0.5) is 0 Å². The van der Waals surface area contributed by atoms with Crippen LogP contribution >= 0.6 is 11.6 Å². The van der Waals surface area contributed by atoms with Crippen LogP contribution in [0.1, 0.15) is 57.8 Å². The molecule has 5 nitrogen and oxygen atoms in total. The number of carboxylic acids is 1. The second kappa shape index (κ2) is 11.6. The van der Waals surface area contributed by atoms with E-state index in [9.17, 15) is 18.3 Å². The van der Waals surface area contributed by atoms with E-state index in [1.807, 2.05) is 12.2 Å². The van der Waals surface area contributed by atoms with E-state index in [-0.39, 0.29) is 40.9 Å². The molecular formula is C19H25ClNNaO4S. The molecule has 27 heavy (non-hydrogen) atoms. The van der Waals surface area contributed by atoms with Crippen LogP contribution in [0.2, 0.25) is 5.02 Å². The summed E-state index contributed by atoms with van der Waals surface area (Å²) in [5.74, 6) is -1.03. The van der Waals surface area contributed by atoms with Crippen LogP contribution in [-0.2, 0) is 14.8 Å². The smallest absolute Gasteiger partial charge is 0.550 e. The maximum Gasteiger partial charge on any atom is 1.00 e. The maximum atomic E-state index is 12.7. The molecule has 0 unspecified atom stereocenters. The minimum atomic E-state index is -3.58. The SMILES string of the molecule is O=C([O-])CCC/C=C\CCC1(NS(=O)(=O)c2ccc(Cl)cc2)CCCC1.[Na+]. The summed E-state index contributed by atoms with van der Waals surface area (Å²) in [6.07, 6.45) is 10.5. The van der Waals surface area contributed by atoms with Gasteiger partial charge in [0.1, 0.15) is 0 Å². The molecule has 1 N–H and O–H groups in total. The molecule has 1 aliphatic rings. The first-order chi connectivity index (χ1) is 12.3. The van der Waals surface area contributed by atoms with Gasteiger partial charge in [-0.2, -0.15) is 0 Å². The first-order valence-electron chi connectivity index (χ1n) is 8.97. The number of allylic oxidation sites excluding steroid dienone is 2. The Bertz CT molecular complexity index is 729. The monoisotopic (exact) mass is 421 g/mol. The topological polar surface area (TPSA) is 86.3 Å². The van der Waals surface area contributed by atoms with E-state index in [1.165, 1.54) is 12.1 Å². The molecule has 0 spiro atoms. The summed E-state index contributed by atoms with van der Waals surface area (Å²) in [4.78, 5) is 10.6. The number of rotatable bonds is 10. The van der Waals surface area contributed by atoms with E-state index in [0.29, 0.717) is 17.9 Å². The van der Waals surface area contributed by atoms with Crippen molar-refractivity contribution in [2.75, 3.05) is 0 Å². The van der Waals surface area contributed by atoms with Crippen molar-refractivity contribution in [2.24, 2.45) is 0 Å². The van der Waals surface area contributed by atoms with Crippen molar-refractivity contribution in [3.05, 3.63) is 41.4 Å². The summed E-state index contributed by atoms with van der Waals surface area (Å²) in [5, 5.41) is 10.9. The number of unbranched alkanes of at least 4 members (excludes halogenated alkanes) is 1. The van der Waals surface area contributed by atoms with Crippen molar-refractivity contribution in [1.29, 1.82) is 0 Å². The van der Waals surface area contributed by atoms with Crippen LogP contribution in [-0.4, -0.2) is 19.9 Å². The molecule has 2 rings (SSSR count). The van der Waals surface area contributed by atoms with E-state index in [2.05, 4.69) is 4.72 Å². The number of carbonyl (C=O) groups is 1. The molecule has 8 heteroatoms. The molecule has 0 heterocycles. The van der Waals surface area contributed by atoms with Gasteiger partial charge in [0.05, 0.1) is 4.90 Å². The fourth-order valence-electron chi connectivity index (χ4n) is 3.37. The predicted octanol–water partition coefficient (Wildman–Crippen LogP) is 0.192. The summed E-state index contributed by atoms with van der Waals surface area (Å²) in [6, 6.07) is 6.19. The Morgan fingerprint density at radius 2 is 1.74 bits per heavy atom. The Labute approximate surface area is 188 Å². The van der Waals surface area contributed by atoms with Gasteiger partial charge in [0, 0.05) is 16.5 Å². The summed E-state index contributed by atoms with van der Waals surface area (Å²) < 4.78 is 28.3. The Balaban J connectivity index is 0.00000364. The fourth-order valence-corrected chi connectivity index (χ4v) is 4.99. The van der Waals surface area contributed by atoms with Crippen LogP contribution in [0.25, 0.3) is 0 Å². The molecule has 1 fully saturated rings. The zero-order valence-electron chi connectivity index (χ0n) is 15.7. The molecule has 1 aliphatic carbocycles. The van der Waals surface area contributed by atoms with Crippen LogP contribution in [0.15, 0.2) is 41.3 Å². The molecule has 1 aromatic rings. The molecule has 0 aliphatic heterocycles. The van der Waals surface area contributed by atoms with Gasteiger partial charge in [-0.25, -0.2) is 13.1 Å². The molecule has 144 valence electrons. The van der Waals surface area contributed by atoms with E-state index >= 15 is 0 Å². The standard InChI is InChI=1S/C19H26ClNO4S.Na/c20-16-9-11-17(12-10-16)26(24,25)21-19(14-6-7-15-19)13-5-3-1-2-4-8-18(22)23;/h1,3,9-12,21H,2,4-8,13-15H2,(H,22,23);/q;+1/p-1/b3-1-;. The van der Waals surface area contributed by atoms with Gasteiger partial charge in [-0.05, 0) is 69.2 Å². The van der Waals surface area contributed by atoms with Crippen LogP contribution in [0.5, 0.6) is 0 Å².